The van der Waals surface area contributed by atoms with E-state index in [1.807, 2.05) is 42.5 Å². The van der Waals surface area contributed by atoms with Gasteiger partial charge < -0.3 is 4.98 Å². The molecule has 0 radical (unpaired) electrons. The Labute approximate surface area is 162 Å². The van der Waals surface area contributed by atoms with Gasteiger partial charge in [-0.1, -0.05) is 18.2 Å². The number of pyridine rings is 1. The third-order valence-electron chi connectivity index (χ3n) is 4.78. The lowest BCUT2D eigenvalue weighted by atomic mass is 10.1. The Bertz CT molecular complexity index is 1520. The maximum absolute atomic E-state index is 13.2. The zero-order valence-electron chi connectivity index (χ0n) is 14.7. The number of rotatable bonds is 2. The van der Waals surface area contributed by atoms with E-state index in [1.54, 1.807) is 6.92 Å². The molecular weight excluding hydrogens is 372 g/mol. The summed E-state index contributed by atoms with van der Waals surface area (Å²) in [4.78, 5) is 20.9. The molecule has 2 aromatic carbocycles. The number of aromatic nitrogens is 4. The highest BCUT2D eigenvalue weighted by molar-refractivity contribution is 7.00. The van der Waals surface area contributed by atoms with Gasteiger partial charge in [-0.25, -0.2) is 0 Å². The number of aromatic amines is 1. The van der Waals surface area contributed by atoms with Crippen molar-refractivity contribution in [2.24, 2.45) is 4.99 Å². The third kappa shape index (κ3) is 2.27. The summed E-state index contributed by atoms with van der Waals surface area (Å²) in [7, 11) is 0. The van der Waals surface area contributed by atoms with Crippen molar-refractivity contribution < 1.29 is 0 Å². The van der Waals surface area contributed by atoms with Crippen molar-refractivity contribution >= 4 is 51.3 Å². The SMILES string of the molecule is Cc1c(C=Nc2cccc3nsnc23)c(=O)n2c([nH]c3ccccc32)c1C#N. The number of benzene rings is 2. The van der Waals surface area contributed by atoms with Gasteiger partial charge in [0.2, 0.25) is 0 Å². The summed E-state index contributed by atoms with van der Waals surface area (Å²) in [6, 6.07) is 15.2. The minimum absolute atomic E-state index is 0.226. The summed E-state index contributed by atoms with van der Waals surface area (Å²) in [5.41, 5.74) is 5.25. The van der Waals surface area contributed by atoms with E-state index >= 15 is 0 Å². The van der Waals surface area contributed by atoms with E-state index in [0.29, 0.717) is 33.5 Å². The minimum atomic E-state index is -0.226. The van der Waals surface area contributed by atoms with Gasteiger partial charge >= 0.3 is 0 Å². The molecule has 0 amide bonds. The average molecular weight is 384 g/mol. The molecule has 3 heterocycles. The number of nitrogens with zero attached hydrogens (tertiary/aromatic N) is 5. The fraction of sp³-hybridized carbons (Fsp3) is 0.0500. The average Bonchev–Trinajstić information content (AvgIpc) is 3.33. The standard InChI is InChI=1S/C20H12N6OS/c1-11-12(9-21)19-23-14-5-2-3-8-17(14)26(19)20(27)13(11)10-22-15-6-4-7-16-18(15)25-28-24-16/h2-8,10,23H,1H3. The van der Waals surface area contributed by atoms with Gasteiger partial charge in [0, 0.05) is 6.21 Å². The van der Waals surface area contributed by atoms with Gasteiger partial charge in [-0.15, -0.1) is 0 Å². The summed E-state index contributed by atoms with van der Waals surface area (Å²) in [6.07, 6.45) is 1.51. The van der Waals surface area contributed by atoms with E-state index in [4.69, 9.17) is 0 Å². The second-order valence-corrected chi connectivity index (χ2v) is 6.85. The highest BCUT2D eigenvalue weighted by Crippen LogP contribution is 2.25. The van der Waals surface area contributed by atoms with E-state index in [9.17, 15) is 10.1 Å². The molecule has 5 aromatic rings. The number of imidazole rings is 1. The van der Waals surface area contributed by atoms with Crippen LogP contribution in [0, 0.1) is 18.3 Å². The molecule has 0 fully saturated rings. The third-order valence-corrected chi connectivity index (χ3v) is 5.32. The molecular formula is C20H12N6OS. The van der Waals surface area contributed by atoms with Gasteiger partial charge in [-0.2, -0.15) is 14.0 Å². The Kier molecular flexibility index (Phi) is 3.57. The Balaban J connectivity index is 1.80. The summed E-state index contributed by atoms with van der Waals surface area (Å²) >= 11 is 1.12. The predicted molar refractivity (Wildman–Crippen MR) is 110 cm³/mol. The van der Waals surface area contributed by atoms with Gasteiger partial charge in [0.25, 0.3) is 5.56 Å². The van der Waals surface area contributed by atoms with Crippen LogP contribution in [0.2, 0.25) is 0 Å². The number of nitrogens with one attached hydrogen (secondary N) is 1. The van der Waals surface area contributed by atoms with E-state index in [-0.39, 0.29) is 5.56 Å². The summed E-state index contributed by atoms with van der Waals surface area (Å²) in [6.45, 7) is 1.76. The van der Waals surface area contributed by atoms with Crippen molar-refractivity contribution in [2.45, 2.75) is 6.92 Å². The maximum atomic E-state index is 13.2. The normalized spacial score (nSPS) is 11.7. The van der Waals surface area contributed by atoms with Crippen LogP contribution in [0.1, 0.15) is 16.7 Å². The molecule has 0 aliphatic rings. The second-order valence-electron chi connectivity index (χ2n) is 6.32. The van der Waals surface area contributed by atoms with Gasteiger partial charge in [-0.3, -0.25) is 14.2 Å². The summed E-state index contributed by atoms with van der Waals surface area (Å²) in [5.74, 6) is 0. The van der Waals surface area contributed by atoms with Crippen LogP contribution in [0.5, 0.6) is 0 Å². The second kappa shape index (κ2) is 6.11. The first-order chi connectivity index (χ1) is 13.7. The summed E-state index contributed by atoms with van der Waals surface area (Å²) in [5, 5.41) is 9.71. The lowest BCUT2D eigenvalue weighted by Gasteiger charge is -2.05. The van der Waals surface area contributed by atoms with Crippen LogP contribution < -0.4 is 5.56 Å². The van der Waals surface area contributed by atoms with Crippen LogP contribution in [-0.4, -0.2) is 24.3 Å². The Morgan fingerprint density at radius 2 is 2.07 bits per heavy atom. The van der Waals surface area contributed by atoms with E-state index in [2.05, 4.69) is 24.8 Å². The Morgan fingerprint density at radius 1 is 1.21 bits per heavy atom. The first kappa shape index (κ1) is 16.4. The van der Waals surface area contributed by atoms with Crippen molar-refractivity contribution in [3.05, 3.63) is 69.5 Å². The fourth-order valence-corrected chi connectivity index (χ4v) is 3.92. The molecule has 0 unspecified atom stereocenters. The quantitative estimate of drug-likeness (QED) is 0.469. The van der Waals surface area contributed by atoms with Crippen LogP contribution in [0.4, 0.5) is 5.69 Å². The summed E-state index contributed by atoms with van der Waals surface area (Å²) < 4.78 is 10.0. The van der Waals surface area contributed by atoms with E-state index in [1.165, 1.54) is 10.6 Å². The van der Waals surface area contributed by atoms with Crippen LogP contribution in [0.3, 0.4) is 0 Å². The molecule has 0 saturated heterocycles. The predicted octanol–water partition coefficient (Wildman–Crippen LogP) is 3.72. The molecule has 0 atom stereocenters. The molecule has 28 heavy (non-hydrogen) atoms. The molecule has 7 nitrogen and oxygen atoms in total. The molecule has 3 aromatic heterocycles. The number of para-hydroxylation sites is 2. The molecule has 0 spiro atoms. The lowest BCUT2D eigenvalue weighted by Crippen LogP contribution is -2.20. The number of H-pyrrole nitrogens is 1. The zero-order chi connectivity index (χ0) is 19.3. The number of hydrogen-bond donors (Lipinski definition) is 1. The van der Waals surface area contributed by atoms with Crippen molar-refractivity contribution in [1.29, 1.82) is 5.26 Å². The van der Waals surface area contributed by atoms with Crippen LogP contribution in [-0.2, 0) is 0 Å². The van der Waals surface area contributed by atoms with Gasteiger partial charge in [0.1, 0.15) is 22.7 Å². The molecule has 8 heteroatoms. The molecule has 0 aliphatic carbocycles. The van der Waals surface area contributed by atoms with Gasteiger partial charge in [-0.05, 0) is 36.8 Å². The van der Waals surface area contributed by atoms with Gasteiger partial charge in [0.15, 0.2) is 0 Å². The topological polar surface area (TPSA) is 99.2 Å². The smallest absolute Gasteiger partial charge is 0.265 e. The first-order valence-corrected chi connectivity index (χ1v) is 9.23. The molecule has 0 bridgehead atoms. The highest BCUT2D eigenvalue weighted by atomic mass is 32.1. The van der Waals surface area contributed by atoms with Crippen molar-refractivity contribution in [1.82, 2.24) is 18.1 Å². The monoisotopic (exact) mass is 384 g/mol. The van der Waals surface area contributed by atoms with E-state index in [0.717, 1.165) is 28.3 Å². The highest BCUT2D eigenvalue weighted by Gasteiger charge is 2.17. The van der Waals surface area contributed by atoms with E-state index < -0.39 is 0 Å². The molecule has 0 saturated carbocycles. The number of aliphatic imine (C=N–C) groups is 1. The van der Waals surface area contributed by atoms with Crippen molar-refractivity contribution in [3.8, 4) is 6.07 Å². The van der Waals surface area contributed by atoms with Gasteiger partial charge in [0.05, 0.1) is 39.6 Å². The molecule has 134 valence electrons. The van der Waals surface area contributed by atoms with Crippen molar-refractivity contribution in [2.75, 3.05) is 0 Å². The fourth-order valence-electron chi connectivity index (χ4n) is 3.38. The van der Waals surface area contributed by atoms with Crippen LogP contribution in [0.25, 0.3) is 27.7 Å². The minimum Gasteiger partial charge on any atom is -0.338 e. The number of hydrogen-bond acceptors (Lipinski definition) is 6. The van der Waals surface area contributed by atoms with Crippen molar-refractivity contribution in [3.63, 3.8) is 0 Å². The first-order valence-electron chi connectivity index (χ1n) is 8.50. The molecule has 5 rings (SSSR count). The number of fused-ring (bicyclic) bond motifs is 4. The van der Waals surface area contributed by atoms with Crippen LogP contribution in [0.15, 0.2) is 52.3 Å². The molecule has 0 aliphatic heterocycles. The Hall–Kier alpha value is -3.83. The van der Waals surface area contributed by atoms with Crippen LogP contribution >= 0.6 is 11.7 Å². The zero-order valence-corrected chi connectivity index (χ0v) is 15.5. The maximum Gasteiger partial charge on any atom is 0.265 e. The largest absolute Gasteiger partial charge is 0.338 e. The Morgan fingerprint density at radius 3 is 2.93 bits per heavy atom. The lowest BCUT2D eigenvalue weighted by molar-refractivity contribution is 1.12. The number of nitriles is 1. The molecule has 1 N–H and O–H groups in total.